The van der Waals surface area contributed by atoms with Crippen LogP contribution >= 0.6 is 0 Å². The van der Waals surface area contributed by atoms with Crippen molar-refractivity contribution >= 4 is 33.1 Å². The second-order valence-corrected chi connectivity index (χ2v) is 10.3. The lowest BCUT2D eigenvalue weighted by atomic mass is 9.96. The Kier molecular flexibility index (Phi) is 7.27. The molecule has 33 heavy (non-hydrogen) atoms. The predicted octanol–water partition coefficient (Wildman–Crippen LogP) is 4.55. The molecule has 1 aliphatic heterocycles. The molecule has 178 valence electrons. The lowest BCUT2D eigenvalue weighted by Crippen LogP contribution is -2.39. The first kappa shape index (κ1) is 23.2. The Labute approximate surface area is 195 Å². The highest BCUT2D eigenvalue weighted by Crippen LogP contribution is 2.34. The Bertz CT molecular complexity index is 1080. The van der Waals surface area contributed by atoms with Crippen LogP contribution in [0.3, 0.4) is 0 Å². The molecular weight excluding hydrogens is 440 g/mol. The number of hydrogen-bond acceptors (Lipinski definition) is 5. The van der Waals surface area contributed by atoms with Gasteiger partial charge in [0.25, 0.3) is 10.0 Å². The SMILES string of the molecule is COc1ccccc1NS(=O)(=O)c1cc(NC(=O)NC2CCCCC2)ccc1N1CCCC1. The highest BCUT2D eigenvalue weighted by atomic mass is 32.2. The van der Waals surface area contributed by atoms with Gasteiger partial charge in [-0.3, -0.25) is 4.72 Å². The number of urea groups is 1. The van der Waals surface area contributed by atoms with E-state index in [1.165, 1.54) is 19.6 Å². The minimum Gasteiger partial charge on any atom is -0.495 e. The third-order valence-electron chi connectivity index (χ3n) is 6.25. The monoisotopic (exact) mass is 472 g/mol. The zero-order valence-corrected chi connectivity index (χ0v) is 19.8. The van der Waals surface area contributed by atoms with Gasteiger partial charge in [0.05, 0.1) is 18.5 Å². The zero-order chi connectivity index (χ0) is 23.3. The maximum Gasteiger partial charge on any atom is 0.319 e. The van der Waals surface area contributed by atoms with Crippen molar-refractivity contribution in [2.75, 3.05) is 35.1 Å². The molecule has 0 unspecified atom stereocenters. The van der Waals surface area contributed by atoms with E-state index < -0.39 is 10.0 Å². The Morgan fingerprint density at radius 2 is 1.73 bits per heavy atom. The molecule has 3 N–H and O–H groups in total. The molecular formula is C24H32N4O4S. The van der Waals surface area contributed by atoms with Gasteiger partial charge >= 0.3 is 6.03 Å². The number of amides is 2. The van der Waals surface area contributed by atoms with Gasteiger partial charge in [0.2, 0.25) is 0 Å². The first-order valence-electron chi connectivity index (χ1n) is 11.6. The van der Waals surface area contributed by atoms with Gasteiger partial charge in [-0.2, -0.15) is 0 Å². The number of anilines is 3. The summed E-state index contributed by atoms with van der Waals surface area (Å²) in [6, 6.07) is 11.8. The first-order valence-corrected chi connectivity index (χ1v) is 13.1. The number of hydrogen-bond donors (Lipinski definition) is 3. The highest BCUT2D eigenvalue weighted by molar-refractivity contribution is 7.93. The third kappa shape index (κ3) is 5.71. The van der Waals surface area contributed by atoms with E-state index in [0.29, 0.717) is 22.8 Å². The third-order valence-corrected chi connectivity index (χ3v) is 7.64. The van der Waals surface area contributed by atoms with Crippen LogP contribution < -0.4 is 25.0 Å². The van der Waals surface area contributed by atoms with Crippen LogP contribution in [0.5, 0.6) is 5.75 Å². The van der Waals surface area contributed by atoms with E-state index in [1.807, 2.05) is 0 Å². The van der Waals surface area contributed by atoms with Crippen LogP contribution in [0.25, 0.3) is 0 Å². The number of rotatable bonds is 7. The Hall–Kier alpha value is -2.94. The normalized spacial score (nSPS) is 16.9. The minimum atomic E-state index is -3.94. The molecule has 0 bridgehead atoms. The first-order chi connectivity index (χ1) is 16.0. The van der Waals surface area contributed by atoms with Crippen LogP contribution in [-0.4, -0.2) is 40.7 Å². The van der Waals surface area contributed by atoms with Crippen molar-refractivity contribution in [2.24, 2.45) is 0 Å². The molecule has 0 spiro atoms. The molecule has 2 amide bonds. The van der Waals surface area contributed by atoms with Gasteiger partial charge < -0.3 is 20.3 Å². The van der Waals surface area contributed by atoms with Crippen molar-refractivity contribution in [1.29, 1.82) is 0 Å². The number of benzene rings is 2. The summed E-state index contributed by atoms with van der Waals surface area (Å²) in [7, 11) is -2.44. The number of carbonyl (C=O) groups excluding carboxylic acids is 1. The summed E-state index contributed by atoms with van der Waals surface area (Å²) >= 11 is 0. The van der Waals surface area contributed by atoms with E-state index >= 15 is 0 Å². The summed E-state index contributed by atoms with van der Waals surface area (Å²) in [5.74, 6) is 0.435. The molecule has 1 saturated carbocycles. The molecule has 4 rings (SSSR count). The summed E-state index contributed by atoms with van der Waals surface area (Å²) in [5, 5.41) is 5.83. The molecule has 2 aromatic rings. The van der Waals surface area contributed by atoms with Crippen molar-refractivity contribution in [3.8, 4) is 5.75 Å². The average molecular weight is 473 g/mol. The lowest BCUT2D eigenvalue weighted by molar-refractivity contribution is 0.244. The second kappa shape index (κ2) is 10.3. The average Bonchev–Trinajstić information content (AvgIpc) is 3.34. The van der Waals surface area contributed by atoms with Crippen molar-refractivity contribution in [1.82, 2.24) is 5.32 Å². The standard InChI is InChI=1S/C24H32N4O4S/c1-32-22-12-6-5-11-20(22)27-33(30,31)23-17-19(13-14-21(23)28-15-7-8-16-28)26-24(29)25-18-9-3-2-4-10-18/h5-6,11-14,17-18,27H,2-4,7-10,15-16H2,1H3,(H2,25,26,29). The zero-order valence-electron chi connectivity index (χ0n) is 19.0. The van der Waals surface area contributed by atoms with E-state index in [0.717, 1.165) is 51.6 Å². The Morgan fingerprint density at radius 3 is 2.45 bits per heavy atom. The molecule has 8 nitrogen and oxygen atoms in total. The van der Waals surface area contributed by atoms with Gasteiger partial charge in [0.15, 0.2) is 0 Å². The molecule has 2 aliphatic rings. The fourth-order valence-corrected chi connectivity index (χ4v) is 5.88. The van der Waals surface area contributed by atoms with Gasteiger partial charge in [-0.15, -0.1) is 0 Å². The van der Waals surface area contributed by atoms with E-state index in [2.05, 4.69) is 20.3 Å². The number of methoxy groups -OCH3 is 1. The number of carbonyl (C=O) groups is 1. The van der Waals surface area contributed by atoms with Crippen LogP contribution in [0.2, 0.25) is 0 Å². The van der Waals surface area contributed by atoms with Crippen LogP contribution in [0.1, 0.15) is 44.9 Å². The molecule has 2 aromatic carbocycles. The van der Waals surface area contributed by atoms with E-state index in [1.54, 1.807) is 36.4 Å². The van der Waals surface area contributed by atoms with Crippen LogP contribution in [0, 0.1) is 0 Å². The topological polar surface area (TPSA) is 99.8 Å². The maximum atomic E-state index is 13.5. The summed E-state index contributed by atoms with van der Waals surface area (Å²) < 4.78 is 34.9. The smallest absolute Gasteiger partial charge is 0.319 e. The van der Waals surface area contributed by atoms with E-state index in [9.17, 15) is 13.2 Å². The van der Waals surface area contributed by atoms with Crippen molar-refractivity contribution in [2.45, 2.75) is 55.9 Å². The van der Waals surface area contributed by atoms with Gasteiger partial charge in [-0.05, 0) is 56.0 Å². The molecule has 9 heteroatoms. The van der Waals surface area contributed by atoms with Crippen molar-refractivity contribution in [3.63, 3.8) is 0 Å². The van der Waals surface area contributed by atoms with Crippen molar-refractivity contribution < 1.29 is 17.9 Å². The molecule has 1 heterocycles. The molecule has 0 atom stereocenters. The highest BCUT2D eigenvalue weighted by Gasteiger charge is 2.26. The summed E-state index contributed by atoms with van der Waals surface area (Å²) in [6.07, 6.45) is 7.43. The Morgan fingerprint density at radius 1 is 1.00 bits per heavy atom. The molecule has 1 saturated heterocycles. The van der Waals surface area contributed by atoms with Crippen molar-refractivity contribution in [3.05, 3.63) is 42.5 Å². The lowest BCUT2D eigenvalue weighted by Gasteiger charge is -2.24. The fraction of sp³-hybridized carbons (Fsp3) is 0.458. The summed E-state index contributed by atoms with van der Waals surface area (Å²) in [4.78, 5) is 14.7. The summed E-state index contributed by atoms with van der Waals surface area (Å²) in [6.45, 7) is 1.60. The van der Waals surface area contributed by atoms with Crippen LogP contribution in [0.15, 0.2) is 47.4 Å². The molecule has 2 fully saturated rings. The second-order valence-electron chi connectivity index (χ2n) is 8.62. The van der Waals surface area contributed by atoms with Gasteiger partial charge in [0.1, 0.15) is 10.6 Å². The van der Waals surface area contributed by atoms with Crippen LogP contribution in [0.4, 0.5) is 21.9 Å². The Balaban J connectivity index is 1.60. The number of nitrogens with one attached hydrogen (secondary N) is 3. The quantitative estimate of drug-likeness (QED) is 0.549. The largest absolute Gasteiger partial charge is 0.495 e. The molecule has 0 radical (unpaired) electrons. The van der Waals surface area contributed by atoms with E-state index in [-0.39, 0.29) is 17.0 Å². The number of para-hydroxylation sites is 2. The van der Waals surface area contributed by atoms with Gasteiger partial charge in [-0.25, -0.2) is 13.2 Å². The number of ether oxygens (including phenoxy) is 1. The number of nitrogens with zero attached hydrogens (tertiary/aromatic N) is 1. The van der Waals surface area contributed by atoms with E-state index in [4.69, 9.17) is 4.74 Å². The maximum absolute atomic E-state index is 13.5. The van der Waals surface area contributed by atoms with Crippen LogP contribution in [-0.2, 0) is 10.0 Å². The summed E-state index contributed by atoms with van der Waals surface area (Å²) in [5.41, 5.74) is 1.43. The molecule has 1 aliphatic carbocycles. The minimum absolute atomic E-state index is 0.130. The van der Waals surface area contributed by atoms with Gasteiger partial charge in [0, 0.05) is 24.8 Å². The number of sulfonamides is 1. The fourth-order valence-electron chi connectivity index (χ4n) is 4.55. The predicted molar refractivity (Wildman–Crippen MR) is 131 cm³/mol. The molecule has 0 aromatic heterocycles. The van der Waals surface area contributed by atoms with Gasteiger partial charge in [-0.1, -0.05) is 31.4 Å².